The Morgan fingerprint density at radius 1 is 1.19 bits per heavy atom. The molecule has 0 aliphatic carbocycles. The van der Waals surface area contributed by atoms with Crippen LogP contribution in [0.4, 0.5) is 10.1 Å². The summed E-state index contributed by atoms with van der Waals surface area (Å²) in [6, 6.07) is 11.2. The van der Waals surface area contributed by atoms with Gasteiger partial charge in [-0.1, -0.05) is 12.1 Å². The first-order valence-corrected chi connectivity index (χ1v) is 6.78. The summed E-state index contributed by atoms with van der Waals surface area (Å²) < 4.78 is 13.2. The number of fused-ring (bicyclic) bond motifs is 1. The molecule has 0 aromatic heterocycles. The van der Waals surface area contributed by atoms with Crippen LogP contribution in [0.3, 0.4) is 0 Å². The monoisotopic (exact) mass is 283 g/mol. The highest BCUT2D eigenvalue weighted by Crippen LogP contribution is 2.28. The molecule has 3 rings (SSSR count). The summed E-state index contributed by atoms with van der Waals surface area (Å²) in [6.07, 6.45) is 0.309. The number of hydrogen-bond donors (Lipinski definition) is 0. The highest BCUT2D eigenvalue weighted by atomic mass is 19.1. The molecule has 0 saturated carbocycles. The quantitative estimate of drug-likeness (QED) is 0.804. The van der Waals surface area contributed by atoms with E-state index in [9.17, 15) is 14.0 Å². The molecular formula is C17H14FNO2. The second-order valence-corrected chi connectivity index (χ2v) is 5.11. The van der Waals surface area contributed by atoms with Crippen LogP contribution in [-0.4, -0.2) is 18.2 Å². The van der Waals surface area contributed by atoms with Crippen molar-refractivity contribution in [3.63, 3.8) is 0 Å². The van der Waals surface area contributed by atoms with Gasteiger partial charge in [0.1, 0.15) is 5.82 Å². The number of anilines is 1. The van der Waals surface area contributed by atoms with E-state index in [2.05, 4.69) is 0 Å². The summed E-state index contributed by atoms with van der Waals surface area (Å²) in [7, 11) is 0. The van der Waals surface area contributed by atoms with Crippen molar-refractivity contribution in [1.82, 2.24) is 0 Å². The third-order valence-electron chi connectivity index (χ3n) is 3.72. The van der Waals surface area contributed by atoms with Crippen LogP contribution < -0.4 is 4.90 Å². The lowest BCUT2D eigenvalue weighted by molar-refractivity contribution is 0.0955. The van der Waals surface area contributed by atoms with Gasteiger partial charge >= 0.3 is 0 Å². The van der Waals surface area contributed by atoms with E-state index in [-0.39, 0.29) is 17.5 Å². The largest absolute Gasteiger partial charge is 0.307 e. The Kier molecular flexibility index (Phi) is 3.29. The average molecular weight is 283 g/mol. The molecule has 0 spiro atoms. The molecule has 0 fully saturated rings. The molecule has 21 heavy (non-hydrogen) atoms. The molecule has 0 radical (unpaired) electrons. The molecule has 0 saturated heterocycles. The second kappa shape index (κ2) is 5.13. The molecule has 0 N–H and O–H groups in total. The van der Waals surface area contributed by atoms with Gasteiger partial charge in [-0.3, -0.25) is 9.59 Å². The second-order valence-electron chi connectivity index (χ2n) is 5.11. The fourth-order valence-electron chi connectivity index (χ4n) is 2.64. The van der Waals surface area contributed by atoms with Gasteiger partial charge in [0.25, 0.3) is 5.91 Å². The summed E-state index contributed by atoms with van der Waals surface area (Å²) in [5.74, 6) is -0.517. The summed E-state index contributed by atoms with van der Waals surface area (Å²) >= 11 is 0. The average Bonchev–Trinajstić information content (AvgIpc) is 2.47. The van der Waals surface area contributed by atoms with Crippen molar-refractivity contribution < 1.29 is 14.0 Å². The Morgan fingerprint density at radius 2 is 1.95 bits per heavy atom. The van der Waals surface area contributed by atoms with Gasteiger partial charge in [0, 0.05) is 24.1 Å². The molecule has 0 bridgehead atoms. The maximum Gasteiger partial charge on any atom is 0.258 e. The molecule has 106 valence electrons. The van der Waals surface area contributed by atoms with Crippen LogP contribution >= 0.6 is 0 Å². The molecule has 2 aromatic rings. The van der Waals surface area contributed by atoms with Crippen LogP contribution in [0.25, 0.3) is 0 Å². The minimum Gasteiger partial charge on any atom is -0.307 e. The van der Waals surface area contributed by atoms with Crippen LogP contribution in [0.15, 0.2) is 42.5 Å². The van der Waals surface area contributed by atoms with Crippen LogP contribution in [-0.2, 0) is 0 Å². The minimum atomic E-state index is -0.363. The zero-order valence-corrected chi connectivity index (χ0v) is 11.6. The highest BCUT2D eigenvalue weighted by molar-refractivity contribution is 6.13. The van der Waals surface area contributed by atoms with E-state index in [1.807, 2.05) is 0 Å². The fourth-order valence-corrected chi connectivity index (χ4v) is 2.64. The van der Waals surface area contributed by atoms with E-state index in [4.69, 9.17) is 0 Å². The van der Waals surface area contributed by atoms with Crippen LogP contribution in [0.2, 0.25) is 0 Å². The van der Waals surface area contributed by atoms with Crippen molar-refractivity contribution in [2.75, 3.05) is 11.4 Å². The summed E-state index contributed by atoms with van der Waals surface area (Å²) in [5, 5.41) is 0. The lowest BCUT2D eigenvalue weighted by atomic mass is 9.98. The van der Waals surface area contributed by atoms with E-state index in [0.717, 1.165) is 0 Å². The van der Waals surface area contributed by atoms with E-state index >= 15 is 0 Å². The SMILES string of the molecule is Cc1cc(F)ccc1C(=O)N1CCC(=O)c2ccccc21. The smallest absolute Gasteiger partial charge is 0.258 e. The number of benzene rings is 2. The van der Waals surface area contributed by atoms with Crippen LogP contribution in [0.5, 0.6) is 0 Å². The molecule has 3 nitrogen and oxygen atoms in total. The summed E-state index contributed by atoms with van der Waals surface area (Å²) in [6.45, 7) is 2.06. The topological polar surface area (TPSA) is 37.4 Å². The van der Waals surface area contributed by atoms with Gasteiger partial charge in [-0.05, 0) is 42.8 Å². The van der Waals surface area contributed by atoms with E-state index in [1.165, 1.54) is 18.2 Å². The van der Waals surface area contributed by atoms with Gasteiger partial charge < -0.3 is 4.90 Å². The van der Waals surface area contributed by atoms with E-state index < -0.39 is 0 Å². The molecule has 4 heteroatoms. The number of carbonyl (C=O) groups excluding carboxylic acids is 2. The first kappa shape index (κ1) is 13.5. The van der Waals surface area contributed by atoms with Crippen molar-refractivity contribution in [2.24, 2.45) is 0 Å². The Hall–Kier alpha value is -2.49. The zero-order chi connectivity index (χ0) is 15.0. The fraction of sp³-hybridized carbons (Fsp3) is 0.176. The normalized spacial score (nSPS) is 14.0. The lowest BCUT2D eigenvalue weighted by Gasteiger charge is -2.29. The van der Waals surface area contributed by atoms with Gasteiger partial charge in [0.2, 0.25) is 0 Å². The van der Waals surface area contributed by atoms with Gasteiger partial charge in [0.05, 0.1) is 5.69 Å². The first-order chi connectivity index (χ1) is 10.1. The maximum absolute atomic E-state index is 13.2. The Bertz CT molecular complexity index is 739. The third kappa shape index (κ3) is 2.33. The predicted molar refractivity (Wildman–Crippen MR) is 78.2 cm³/mol. The summed E-state index contributed by atoms with van der Waals surface area (Å²) in [4.78, 5) is 26.2. The van der Waals surface area contributed by atoms with Gasteiger partial charge in [-0.25, -0.2) is 4.39 Å². The number of amides is 1. The van der Waals surface area contributed by atoms with Crippen LogP contribution in [0, 0.1) is 12.7 Å². The first-order valence-electron chi connectivity index (χ1n) is 6.78. The summed E-state index contributed by atoms with van der Waals surface area (Å²) in [5.41, 5.74) is 2.24. The Morgan fingerprint density at radius 3 is 2.71 bits per heavy atom. The number of ketones is 1. The number of Topliss-reactive ketones (excluding diaryl/α,β-unsaturated/α-hetero) is 1. The minimum absolute atomic E-state index is 0.0467. The third-order valence-corrected chi connectivity index (χ3v) is 3.72. The van der Waals surface area contributed by atoms with E-state index in [0.29, 0.717) is 35.3 Å². The molecule has 1 aliphatic rings. The highest BCUT2D eigenvalue weighted by Gasteiger charge is 2.28. The maximum atomic E-state index is 13.2. The molecule has 0 unspecified atom stereocenters. The molecule has 0 atom stereocenters. The predicted octanol–water partition coefficient (Wildman–Crippen LogP) is 3.37. The number of para-hydroxylation sites is 1. The standard InChI is InChI=1S/C17H14FNO2/c1-11-10-12(18)6-7-13(11)17(21)19-9-8-16(20)14-4-2-3-5-15(14)19/h2-7,10H,8-9H2,1H3. The molecule has 1 amide bonds. The van der Waals surface area contributed by atoms with Crippen molar-refractivity contribution in [3.8, 4) is 0 Å². The Balaban J connectivity index is 2.03. The van der Waals surface area contributed by atoms with Crippen molar-refractivity contribution in [2.45, 2.75) is 13.3 Å². The van der Waals surface area contributed by atoms with Crippen LogP contribution in [0.1, 0.15) is 32.7 Å². The van der Waals surface area contributed by atoms with Crippen molar-refractivity contribution in [1.29, 1.82) is 0 Å². The molecule has 2 aromatic carbocycles. The van der Waals surface area contributed by atoms with Crippen molar-refractivity contribution >= 4 is 17.4 Å². The number of nitrogens with zero attached hydrogens (tertiary/aromatic N) is 1. The number of hydrogen-bond acceptors (Lipinski definition) is 2. The number of halogens is 1. The number of carbonyl (C=O) groups is 2. The zero-order valence-electron chi connectivity index (χ0n) is 11.6. The molecular weight excluding hydrogens is 269 g/mol. The molecule has 1 aliphatic heterocycles. The Labute approximate surface area is 122 Å². The van der Waals surface area contributed by atoms with Gasteiger partial charge in [-0.15, -0.1) is 0 Å². The van der Waals surface area contributed by atoms with Gasteiger partial charge in [-0.2, -0.15) is 0 Å². The number of rotatable bonds is 1. The van der Waals surface area contributed by atoms with Gasteiger partial charge in [0.15, 0.2) is 5.78 Å². The van der Waals surface area contributed by atoms with Crippen molar-refractivity contribution in [3.05, 3.63) is 65.0 Å². The van der Waals surface area contributed by atoms with E-state index in [1.54, 1.807) is 36.1 Å². The lowest BCUT2D eigenvalue weighted by Crippen LogP contribution is -2.37. The number of aryl methyl sites for hydroxylation is 1. The molecule has 1 heterocycles.